The highest BCUT2D eigenvalue weighted by Gasteiger charge is 2.39. The average Bonchev–Trinajstić information content (AvgIpc) is 2.96. The molecule has 0 atom stereocenters. The fourth-order valence-corrected chi connectivity index (χ4v) is 2.13. The maximum atomic E-state index is 11.8. The molecule has 0 aliphatic heterocycles. The topological polar surface area (TPSA) is 70.9 Å². The lowest BCUT2D eigenvalue weighted by atomic mass is 10.0. The van der Waals surface area contributed by atoms with E-state index in [4.69, 9.17) is 5.73 Å². The number of amides is 1. The number of aromatic nitrogens is 1. The lowest BCUT2D eigenvalue weighted by molar-refractivity contribution is 0.0946. The largest absolute Gasteiger partial charge is 0.357 e. The third kappa shape index (κ3) is 2.53. The Morgan fingerprint density at radius 3 is 2.58 bits per heavy atom. The molecule has 4 N–H and O–H groups in total. The molecule has 3 rings (SSSR count). The molecule has 1 amide bonds. The summed E-state index contributed by atoms with van der Waals surface area (Å²) >= 11 is 0. The highest BCUT2D eigenvalue weighted by Crippen LogP contribution is 2.42. The first-order valence-electron chi connectivity index (χ1n) is 6.47. The van der Waals surface area contributed by atoms with Crippen LogP contribution < -0.4 is 11.1 Å². The second kappa shape index (κ2) is 4.55. The van der Waals surface area contributed by atoms with Gasteiger partial charge in [0, 0.05) is 18.3 Å². The molecule has 1 fully saturated rings. The second-order valence-electron chi connectivity index (χ2n) is 5.12. The molecule has 2 aromatic rings. The van der Waals surface area contributed by atoms with Gasteiger partial charge in [0.25, 0.3) is 5.91 Å². The molecule has 0 radical (unpaired) electrons. The summed E-state index contributed by atoms with van der Waals surface area (Å²) in [5.74, 6) is -0.0911. The standard InChI is InChI=1S/C15H17N3O/c16-15(7-8-15)12-5-3-11(4-6-12)10-18-14(19)13-2-1-9-17-13/h1-6,9,17H,7-8,10,16H2,(H,18,19). The van der Waals surface area contributed by atoms with E-state index in [1.165, 1.54) is 5.56 Å². The van der Waals surface area contributed by atoms with Crippen LogP contribution >= 0.6 is 0 Å². The summed E-state index contributed by atoms with van der Waals surface area (Å²) in [7, 11) is 0. The van der Waals surface area contributed by atoms with Crippen molar-refractivity contribution >= 4 is 5.91 Å². The van der Waals surface area contributed by atoms with E-state index in [1.807, 2.05) is 12.1 Å². The van der Waals surface area contributed by atoms with Gasteiger partial charge in [0.2, 0.25) is 0 Å². The Balaban J connectivity index is 1.60. The first kappa shape index (κ1) is 12.0. The number of nitrogens with one attached hydrogen (secondary N) is 2. The van der Waals surface area contributed by atoms with E-state index in [0.717, 1.165) is 18.4 Å². The minimum absolute atomic E-state index is 0.0911. The summed E-state index contributed by atoms with van der Waals surface area (Å²) in [6.45, 7) is 0.524. The molecule has 0 saturated heterocycles. The van der Waals surface area contributed by atoms with Crippen LogP contribution in [0.15, 0.2) is 42.6 Å². The van der Waals surface area contributed by atoms with Crippen LogP contribution in [0, 0.1) is 0 Å². The molecule has 0 spiro atoms. The lowest BCUT2D eigenvalue weighted by Gasteiger charge is -2.10. The second-order valence-corrected chi connectivity index (χ2v) is 5.12. The van der Waals surface area contributed by atoms with Gasteiger partial charge < -0.3 is 16.0 Å². The quantitative estimate of drug-likeness (QED) is 0.780. The molecule has 1 saturated carbocycles. The zero-order valence-corrected chi connectivity index (χ0v) is 10.6. The van der Waals surface area contributed by atoms with Crippen LogP contribution in [0.1, 0.15) is 34.5 Å². The van der Waals surface area contributed by atoms with Gasteiger partial charge in [-0.2, -0.15) is 0 Å². The van der Waals surface area contributed by atoms with Crippen LogP contribution in [0.2, 0.25) is 0 Å². The summed E-state index contributed by atoms with van der Waals surface area (Å²) in [4.78, 5) is 14.6. The van der Waals surface area contributed by atoms with Crippen molar-refractivity contribution in [3.05, 3.63) is 59.4 Å². The summed E-state index contributed by atoms with van der Waals surface area (Å²) in [6, 6.07) is 11.7. The third-order valence-corrected chi connectivity index (χ3v) is 3.61. The number of benzene rings is 1. The monoisotopic (exact) mass is 255 g/mol. The molecule has 0 bridgehead atoms. The predicted molar refractivity (Wildman–Crippen MR) is 73.5 cm³/mol. The van der Waals surface area contributed by atoms with Gasteiger partial charge in [-0.15, -0.1) is 0 Å². The number of aromatic amines is 1. The molecular weight excluding hydrogens is 238 g/mol. The molecule has 4 nitrogen and oxygen atoms in total. The fourth-order valence-electron chi connectivity index (χ4n) is 2.13. The first-order chi connectivity index (χ1) is 9.17. The van der Waals surface area contributed by atoms with E-state index in [0.29, 0.717) is 12.2 Å². The van der Waals surface area contributed by atoms with Crippen LogP contribution in [0.3, 0.4) is 0 Å². The minimum atomic E-state index is -0.0912. The summed E-state index contributed by atoms with van der Waals surface area (Å²) < 4.78 is 0. The summed E-state index contributed by atoms with van der Waals surface area (Å²) in [6.07, 6.45) is 3.87. The van der Waals surface area contributed by atoms with Gasteiger partial charge in [-0.25, -0.2) is 0 Å². The number of rotatable bonds is 4. The zero-order valence-electron chi connectivity index (χ0n) is 10.6. The molecule has 1 aliphatic rings. The molecule has 1 heterocycles. The Bertz CT molecular complexity index is 568. The van der Waals surface area contributed by atoms with Gasteiger partial charge in [-0.05, 0) is 36.1 Å². The van der Waals surface area contributed by atoms with Crippen LogP contribution in [-0.2, 0) is 12.1 Å². The summed E-state index contributed by atoms with van der Waals surface area (Å²) in [5.41, 5.74) is 8.88. The average molecular weight is 255 g/mol. The molecule has 4 heteroatoms. The molecular formula is C15H17N3O. The van der Waals surface area contributed by atoms with Crippen molar-refractivity contribution in [2.24, 2.45) is 5.73 Å². The van der Waals surface area contributed by atoms with E-state index >= 15 is 0 Å². The van der Waals surface area contributed by atoms with Crippen LogP contribution in [0.5, 0.6) is 0 Å². The van der Waals surface area contributed by atoms with Crippen LogP contribution in [0.4, 0.5) is 0 Å². The normalized spacial score (nSPS) is 16.1. The number of nitrogens with two attached hydrogens (primary N) is 1. The Morgan fingerprint density at radius 2 is 2.00 bits per heavy atom. The van der Waals surface area contributed by atoms with Crippen molar-refractivity contribution < 1.29 is 4.79 Å². The van der Waals surface area contributed by atoms with Gasteiger partial charge in [-0.3, -0.25) is 4.79 Å². The highest BCUT2D eigenvalue weighted by atomic mass is 16.1. The van der Waals surface area contributed by atoms with E-state index in [9.17, 15) is 4.79 Å². The minimum Gasteiger partial charge on any atom is -0.357 e. The maximum absolute atomic E-state index is 11.8. The van der Waals surface area contributed by atoms with Crippen LogP contribution in [-0.4, -0.2) is 10.9 Å². The number of hydrogen-bond donors (Lipinski definition) is 3. The molecule has 1 aromatic carbocycles. The van der Waals surface area contributed by atoms with Gasteiger partial charge in [0.05, 0.1) is 0 Å². The van der Waals surface area contributed by atoms with Crippen molar-refractivity contribution in [2.45, 2.75) is 24.9 Å². The number of carbonyl (C=O) groups excluding carboxylic acids is 1. The highest BCUT2D eigenvalue weighted by molar-refractivity contribution is 5.92. The smallest absolute Gasteiger partial charge is 0.267 e. The molecule has 1 aromatic heterocycles. The molecule has 1 aliphatic carbocycles. The van der Waals surface area contributed by atoms with Crippen molar-refractivity contribution in [2.75, 3.05) is 0 Å². The number of hydrogen-bond acceptors (Lipinski definition) is 2. The third-order valence-electron chi connectivity index (χ3n) is 3.61. The van der Waals surface area contributed by atoms with Gasteiger partial charge in [0.1, 0.15) is 5.69 Å². The van der Waals surface area contributed by atoms with Crippen molar-refractivity contribution in [3.8, 4) is 0 Å². The van der Waals surface area contributed by atoms with E-state index < -0.39 is 0 Å². The SMILES string of the molecule is NC1(c2ccc(CNC(=O)c3ccc[nH]3)cc2)CC1. The molecule has 19 heavy (non-hydrogen) atoms. The Hall–Kier alpha value is -2.07. The van der Waals surface area contributed by atoms with E-state index in [1.54, 1.807) is 18.3 Å². The molecule has 98 valence electrons. The lowest BCUT2D eigenvalue weighted by Crippen LogP contribution is -2.23. The summed E-state index contributed by atoms with van der Waals surface area (Å²) in [5, 5.41) is 2.87. The maximum Gasteiger partial charge on any atom is 0.267 e. The first-order valence-corrected chi connectivity index (χ1v) is 6.47. The van der Waals surface area contributed by atoms with Crippen molar-refractivity contribution in [1.82, 2.24) is 10.3 Å². The van der Waals surface area contributed by atoms with E-state index in [-0.39, 0.29) is 11.4 Å². The number of carbonyl (C=O) groups is 1. The van der Waals surface area contributed by atoms with Gasteiger partial charge in [-0.1, -0.05) is 24.3 Å². The Morgan fingerprint density at radius 1 is 1.26 bits per heavy atom. The number of H-pyrrole nitrogens is 1. The molecule has 0 unspecified atom stereocenters. The zero-order chi connectivity index (χ0) is 13.3. The Kier molecular flexibility index (Phi) is 2.87. The fraction of sp³-hybridized carbons (Fsp3) is 0.267. The van der Waals surface area contributed by atoms with Crippen LogP contribution in [0.25, 0.3) is 0 Å². The van der Waals surface area contributed by atoms with Gasteiger partial charge >= 0.3 is 0 Å². The van der Waals surface area contributed by atoms with Crippen molar-refractivity contribution in [3.63, 3.8) is 0 Å². The predicted octanol–water partition coefficient (Wildman–Crippen LogP) is 1.89. The Labute approximate surface area is 112 Å². The van der Waals surface area contributed by atoms with Crippen molar-refractivity contribution in [1.29, 1.82) is 0 Å². The van der Waals surface area contributed by atoms with Gasteiger partial charge in [0.15, 0.2) is 0 Å². The van der Waals surface area contributed by atoms with E-state index in [2.05, 4.69) is 22.4 Å².